The third kappa shape index (κ3) is 3.27. The van der Waals surface area contributed by atoms with Crippen LogP contribution in [0.1, 0.15) is 23.1 Å². The first-order valence-corrected chi connectivity index (χ1v) is 7.26. The molecule has 0 fully saturated rings. The minimum atomic E-state index is -0.210. The van der Waals surface area contributed by atoms with E-state index < -0.39 is 0 Å². The quantitative estimate of drug-likeness (QED) is 0.817. The van der Waals surface area contributed by atoms with Crippen molar-refractivity contribution in [2.75, 3.05) is 5.32 Å². The lowest BCUT2D eigenvalue weighted by Crippen LogP contribution is -2.16. The molecule has 4 nitrogen and oxygen atoms in total. The molecule has 0 bridgehead atoms. The average Bonchev–Trinajstić information content (AvgIpc) is 2.74. The van der Waals surface area contributed by atoms with Gasteiger partial charge in [-0.05, 0) is 53.3 Å². The number of benzene rings is 1. The van der Waals surface area contributed by atoms with Gasteiger partial charge in [-0.1, -0.05) is 18.5 Å². The molecule has 2 aromatic rings. The maximum absolute atomic E-state index is 12.2. The van der Waals surface area contributed by atoms with Crippen molar-refractivity contribution in [3.8, 4) is 0 Å². The zero-order valence-corrected chi connectivity index (χ0v) is 13.5. The standard InChI is InChI=1S/C13H13ClIN3O/c1-3-9-7-12(18(2)17-9)13(19)16-11-5-4-8(15)6-10(11)14/h4-7H,3H2,1-2H3,(H,16,19). The summed E-state index contributed by atoms with van der Waals surface area (Å²) in [5.41, 5.74) is 2.01. The second-order valence-corrected chi connectivity index (χ2v) is 5.73. The summed E-state index contributed by atoms with van der Waals surface area (Å²) in [5, 5.41) is 7.57. The van der Waals surface area contributed by atoms with Gasteiger partial charge in [0.05, 0.1) is 16.4 Å². The van der Waals surface area contributed by atoms with Crippen LogP contribution in [0.2, 0.25) is 5.02 Å². The van der Waals surface area contributed by atoms with E-state index in [2.05, 4.69) is 33.0 Å². The first-order valence-electron chi connectivity index (χ1n) is 5.80. The SMILES string of the molecule is CCc1cc(C(=O)Nc2ccc(I)cc2Cl)n(C)n1. The summed E-state index contributed by atoms with van der Waals surface area (Å²) in [6.07, 6.45) is 0.797. The van der Waals surface area contributed by atoms with E-state index in [4.69, 9.17) is 11.6 Å². The van der Waals surface area contributed by atoms with E-state index in [1.807, 2.05) is 13.0 Å². The normalized spacial score (nSPS) is 10.5. The van der Waals surface area contributed by atoms with Crippen molar-refractivity contribution in [3.63, 3.8) is 0 Å². The number of rotatable bonds is 3. The molecule has 100 valence electrons. The molecule has 19 heavy (non-hydrogen) atoms. The summed E-state index contributed by atoms with van der Waals surface area (Å²) < 4.78 is 2.60. The van der Waals surface area contributed by atoms with Gasteiger partial charge in [-0.25, -0.2) is 0 Å². The highest BCUT2D eigenvalue weighted by atomic mass is 127. The van der Waals surface area contributed by atoms with Gasteiger partial charge < -0.3 is 5.32 Å². The first-order chi connectivity index (χ1) is 9.01. The second-order valence-electron chi connectivity index (χ2n) is 4.08. The fourth-order valence-electron chi connectivity index (χ4n) is 1.69. The fraction of sp³-hybridized carbons (Fsp3) is 0.231. The Labute approximate surface area is 130 Å². The molecule has 1 heterocycles. The molecule has 0 saturated carbocycles. The average molecular weight is 390 g/mol. The van der Waals surface area contributed by atoms with E-state index in [9.17, 15) is 4.79 Å². The molecule has 1 amide bonds. The molecule has 0 radical (unpaired) electrons. The molecule has 0 unspecified atom stereocenters. The third-order valence-electron chi connectivity index (χ3n) is 2.70. The van der Waals surface area contributed by atoms with Crippen LogP contribution in [0.5, 0.6) is 0 Å². The fourth-order valence-corrected chi connectivity index (χ4v) is 2.59. The van der Waals surface area contributed by atoms with Gasteiger partial charge >= 0.3 is 0 Å². The van der Waals surface area contributed by atoms with Crippen molar-refractivity contribution < 1.29 is 4.79 Å². The van der Waals surface area contributed by atoms with Crippen molar-refractivity contribution >= 4 is 45.8 Å². The van der Waals surface area contributed by atoms with Crippen LogP contribution in [-0.2, 0) is 13.5 Å². The van der Waals surface area contributed by atoms with E-state index in [1.165, 1.54) is 0 Å². The van der Waals surface area contributed by atoms with Crippen LogP contribution in [0.15, 0.2) is 24.3 Å². The Hall–Kier alpha value is -1.08. The number of aryl methyl sites for hydroxylation is 2. The van der Waals surface area contributed by atoms with Crippen molar-refractivity contribution in [1.29, 1.82) is 0 Å². The van der Waals surface area contributed by atoms with Crippen LogP contribution >= 0.6 is 34.2 Å². The largest absolute Gasteiger partial charge is 0.319 e. The number of nitrogens with one attached hydrogen (secondary N) is 1. The summed E-state index contributed by atoms with van der Waals surface area (Å²) in [6.45, 7) is 2.00. The van der Waals surface area contributed by atoms with Gasteiger partial charge in [-0.2, -0.15) is 5.10 Å². The van der Waals surface area contributed by atoms with E-state index in [0.717, 1.165) is 15.7 Å². The molecule has 1 aromatic carbocycles. The van der Waals surface area contributed by atoms with Gasteiger partial charge in [0.1, 0.15) is 5.69 Å². The number of amides is 1. The van der Waals surface area contributed by atoms with E-state index in [0.29, 0.717) is 16.4 Å². The number of anilines is 1. The second kappa shape index (κ2) is 5.92. The van der Waals surface area contributed by atoms with Crippen LogP contribution in [0, 0.1) is 3.57 Å². The summed E-state index contributed by atoms with van der Waals surface area (Å²) in [6, 6.07) is 7.27. The predicted octanol–water partition coefficient (Wildman–Crippen LogP) is 3.49. The Morgan fingerprint density at radius 3 is 2.79 bits per heavy atom. The van der Waals surface area contributed by atoms with Crippen molar-refractivity contribution in [2.45, 2.75) is 13.3 Å². The van der Waals surface area contributed by atoms with Crippen molar-refractivity contribution in [1.82, 2.24) is 9.78 Å². The molecule has 0 saturated heterocycles. The maximum atomic E-state index is 12.2. The van der Waals surface area contributed by atoms with Gasteiger partial charge in [0.15, 0.2) is 0 Å². The molecule has 0 atom stereocenters. The molecular formula is C13H13ClIN3O. The van der Waals surface area contributed by atoms with Crippen LogP contribution in [0.3, 0.4) is 0 Å². The molecular weight excluding hydrogens is 377 g/mol. The number of halogens is 2. The topological polar surface area (TPSA) is 46.9 Å². The highest BCUT2D eigenvalue weighted by molar-refractivity contribution is 14.1. The van der Waals surface area contributed by atoms with Crippen LogP contribution < -0.4 is 5.32 Å². The Balaban J connectivity index is 2.23. The van der Waals surface area contributed by atoms with Crippen molar-refractivity contribution in [2.24, 2.45) is 7.05 Å². The highest BCUT2D eigenvalue weighted by Crippen LogP contribution is 2.24. The lowest BCUT2D eigenvalue weighted by atomic mass is 10.2. The first kappa shape index (κ1) is 14.3. The molecule has 6 heteroatoms. The van der Waals surface area contributed by atoms with Crippen molar-refractivity contribution in [3.05, 3.63) is 44.2 Å². The minimum absolute atomic E-state index is 0.210. The summed E-state index contributed by atoms with van der Waals surface area (Å²) >= 11 is 8.26. The monoisotopic (exact) mass is 389 g/mol. The smallest absolute Gasteiger partial charge is 0.273 e. The number of aromatic nitrogens is 2. The van der Waals surface area contributed by atoms with Crippen LogP contribution in [0.4, 0.5) is 5.69 Å². The lowest BCUT2D eigenvalue weighted by molar-refractivity contribution is 0.101. The Kier molecular flexibility index (Phi) is 4.46. The van der Waals surface area contributed by atoms with Gasteiger partial charge in [-0.15, -0.1) is 0 Å². The number of hydrogen-bond donors (Lipinski definition) is 1. The molecule has 1 aromatic heterocycles. The molecule has 0 aliphatic heterocycles. The Morgan fingerprint density at radius 2 is 2.21 bits per heavy atom. The molecule has 0 aliphatic rings. The van der Waals surface area contributed by atoms with Gasteiger partial charge in [0, 0.05) is 10.6 Å². The van der Waals surface area contributed by atoms with Gasteiger partial charge in [0.25, 0.3) is 5.91 Å². The number of hydrogen-bond acceptors (Lipinski definition) is 2. The van der Waals surface area contributed by atoms with Crippen LogP contribution in [-0.4, -0.2) is 15.7 Å². The van der Waals surface area contributed by atoms with Gasteiger partial charge in [0.2, 0.25) is 0 Å². The van der Waals surface area contributed by atoms with Gasteiger partial charge in [-0.3, -0.25) is 9.48 Å². The zero-order chi connectivity index (χ0) is 14.0. The highest BCUT2D eigenvalue weighted by Gasteiger charge is 2.14. The Morgan fingerprint density at radius 1 is 1.47 bits per heavy atom. The summed E-state index contributed by atoms with van der Waals surface area (Å²) in [5.74, 6) is -0.210. The number of nitrogens with zero attached hydrogens (tertiary/aromatic N) is 2. The summed E-state index contributed by atoms with van der Waals surface area (Å²) in [4.78, 5) is 12.2. The maximum Gasteiger partial charge on any atom is 0.273 e. The third-order valence-corrected chi connectivity index (χ3v) is 3.69. The minimum Gasteiger partial charge on any atom is -0.319 e. The molecule has 2 rings (SSSR count). The molecule has 0 aliphatic carbocycles. The van der Waals surface area contributed by atoms with E-state index >= 15 is 0 Å². The Bertz CT molecular complexity index is 624. The number of carbonyl (C=O) groups excluding carboxylic acids is 1. The molecule has 0 spiro atoms. The van der Waals surface area contributed by atoms with E-state index in [-0.39, 0.29) is 5.91 Å². The number of carbonyl (C=O) groups is 1. The lowest BCUT2D eigenvalue weighted by Gasteiger charge is -2.07. The summed E-state index contributed by atoms with van der Waals surface area (Å²) in [7, 11) is 1.75. The molecule has 1 N–H and O–H groups in total. The predicted molar refractivity (Wildman–Crippen MR) is 84.7 cm³/mol. The van der Waals surface area contributed by atoms with Crippen LogP contribution in [0.25, 0.3) is 0 Å². The zero-order valence-electron chi connectivity index (χ0n) is 10.6. The van der Waals surface area contributed by atoms with E-state index in [1.54, 1.807) is 29.9 Å².